The van der Waals surface area contributed by atoms with Crippen LogP contribution in [-0.2, 0) is 0 Å². The van der Waals surface area contributed by atoms with Crippen molar-refractivity contribution in [1.29, 1.82) is 0 Å². The highest BCUT2D eigenvalue weighted by Gasteiger charge is 2.20. The standard InChI is InChI=1S/C11H23N.C2H6/c1-3-7-10-8-5-4-6-9-11(10)12-2;1-2/h10-12H,3-9H2,1-2H3;1-2H3. The molecule has 1 fully saturated rings. The van der Waals surface area contributed by atoms with Gasteiger partial charge in [-0.05, 0) is 32.2 Å². The van der Waals surface area contributed by atoms with Crippen molar-refractivity contribution in [1.82, 2.24) is 5.32 Å². The molecule has 0 heterocycles. The van der Waals surface area contributed by atoms with Gasteiger partial charge >= 0.3 is 0 Å². The minimum Gasteiger partial charge on any atom is -0.317 e. The van der Waals surface area contributed by atoms with Gasteiger partial charge in [-0.25, -0.2) is 0 Å². The lowest BCUT2D eigenvalue weighted by molar-refractivity contribution is 0.330. The van der Waals surface area contributed by atoms with Gasteiger partial charge in [0.25, 0.3) is 0 Å². The Labute approximate surface area is 90.7 Å². The van der Waals surface area contributed by atoms with Crippen molar-refractivity contribution in [2.75, 3.05) is 7.05 Å². The lowest BCUT2D eigenvalue weighted by Crippen LogP contribution is -2.32. The lowest BCUT2D eigenvalue weighted by Gasteiger charge is -2.24. The third-order valence-electron chi connectivity index (χ3n) is 3.19. The summed E-state index contributed by atoms with van der Waals surface area (Å²) in [5, 5.41) is 3.48. The third kappa shape index (κ3) is 4.99. The van der Waals surface area contributed by atoms with E-state index < -0.39 is 0 Å². The summed E-state index contributed by atoms with van der Waals surface area (Å²) >= 11 is 0. The van der Waals surface area contributed by atoms with E-state index >= 15 is 0 Å². The van der Waals surface area contributed by atoms with Crippen LogP contribution in [-0.4, -0.2) is 13.1 Å². The van der Waals surface area contributed by atoms with Gasteiger partial charge in [-0.15, -0.1) is 0 Å². The Kier molecular flexibility index (Phi) is 9.49. The van der Waals surface area contributed by atoms with E-state index in [0.29, 0.717) is 0 Å². The summed E-state index contributed by atoms with van der Waals surface area (Å²) in [7, 11) is 2.12. The summed E-state index contributed by atoms with van der Waals surface area (Å²) in [6, 6.07) is 0.812. The summed E-state index contributed by atoms with van der Waals surface area (Å²) in [5.74, 6) is 0.961. The second kappa shape index (κ2) is 9.51. The number of rotatable bonds is 3. The molecule has 0 aromatic heterocycles. The van der Waals surface area contributed by atoms with E-state index in [1.807, 2.05) is 13.8 Å². The monoisotopic (exact) mass is 199 g/mol. The summed E-state index contributed by atoms with van der Waals surface area (Å²) in [4.78, 5) is 0. The second-order valence-electron chi connectivity index (χ2n) is 4.08. The van der Waals surface area contributed by atoms with Gasteiger partial charge in [0.15, 0.2) is 0 Å². The molecule has 2 atom stereocenters. The van der Waals surface area contributed by atoms with Gasteiger partial charge in [-0.1, -0.05) is 46.5 Å². The Morgan fingerprint density at radius 2 is 1.71 bits per heavy atom. The van der Waals surface area contributed by atoms with Crippen LogP contribution in [0.5, 0.6) is 0 Å². The van der Waals surface area contributed by atoms with Crippen molar-refractivity contribution in [3.8, 4) is 0 Å². The van der Waals surface area contributed by atoms with Crippen molar-refractivity contribution in [3.05, 3.63) is 0 Å². The van der Waals surface area contributed by atoms with E-state index in [0.717, 1.165) is 12.0 Å². The van der Waals surface area contributed by atoms with Gasteiger partial charge in [0.2, 0.25) is 0 Å². The predicted octanol–water partition coefficient (Wildman–Crippen LogP) is 3.98. The minimum atomic E-state index is 0.812. The molecule has 0 aromatic carbocycles. The molecular formula is C13H29N. The molecule has 0 spiro atoms. The zero-order valence-electron chi connectivity index (χ0n) is 10.6. The fourth-order valence-electron chi connectivity index (χ4n) is 2.48. The van der Waals surface area contributed by atoms with Gasteiger partial charge in [0.05, 0.1) is 0 Å². The first-order valence-corrected chi connectivity index (χ1v) is 6.55. The molecule has 14 heavy (non-hydrogen) atoms. The number of hydrogen-bond donors (Lipinski definition) is 1. The van der Waals surface area contributed by atoms with Crippen LogP contribution in [0.3, 0.4) is 0 Å². The van der Waals surface area contributed by atoms with Crippen molar-refractivity contribution >= 4 is 0 Å². The molecule has 0 bridgehead atoms. The molecular weight excluding hydrogens is 170 g/mol. The maximum absolute atomic E-state index is 3.48. The summed E-state index contributed by atoms with van der Waals surface area (Å²) in [6.45, 7) is 6.30. The lowest BCUT2D eigenvalue weighted by atomic mass is 9.91. The third-order valence-corrected chi connectivity index (χ3v) is 3.19. The van der Waals surface area contributed by atoms with Crippen LogP contribution < -0.4 is 5.32 Å². The fraction of sp³-hybridized carbons (Fsp3) is 1.00. The molecule has 1 heteroatoms. The Balaban J connectivity index is 0.000000791. The summed E-state index contributed by atoms with van der Waals surface area (Å²) in [5.41, 5.74) is 0. The molecule has 0 aliphatic heterocycles. The van der Waals surface area contributed by atoms with Crippen molar-refractivity contribution in [2.45, 2.75) is 71.8 Å². The van der Waals surface area contributed by atoms with Crippen LogP contribution in [0.15, 0.2) is 0 Å². The average Bonchev–Trinajstić information content (AvgIpc) is 2.47. The Morgan fingerprint density at radius 3 is 2.29 bits per heavy atom. The number of hydrogen-bond acceptors (Lipinski definition) is 1. The zero-order chi connectivity index (χ0) is 10.8. The molecule has 1 aliphatic rings. The summed E-state index contributed by atoms with van der Waals surface area (Å²) in [6.07, 6.45) is 9.99. The molecule has 1 saturated carbocycles. The maximum Gasteiger partial charge on any atom is 0.00923 e. The Hall–Kier alpha value is -0.0400. The van der Waals surface area contributed by atoms with Crippen molar-refractivity contribution in [2.24, 2.45) is 5.92 Å². The topological polar surface area (TPSA) is 12.0 Å². The smallest absolute Gasteiger partial charge is 0.00923 e. The van der Waals surface area contributed by atoms with Crippen molar-refractivity contribution < 1.29 is 0 Å². The molecule has 2 unspecified atom stereocenters. The predicted molar refractivity (Wildman–Crippen MR) is 65.7 cm³/mol. The largest absolute Gasteiger partial charge is 0.317 e. The van der Waals surface area contributed by atoms with Crippen LogP contribution in [0, 0.1) is 5.92 Å². The van der Waals surface area contributed by atoms with Gasteiger partial charge in [0.1, 0.15) is 0 Å². The average molecular weight is 199 g/mol. The zero-order valence-corrected chi connectivity index (χ0v) is 10.6. The number of nitrogens with one attached hydrogen (secondary N) is 1. The molecule has 0 amide bonds. The van der Waals surface area contributed by atoms with E-state index in [4.69, 9.17) is 0 Å². The van der Waals surface area contributed by atoms with Gasteiger partial charge in [-0.3, -0.25) is 0 Å². The Bertz CT molecular complexity index is 112. The van der Waals surface area contributed by atoms with Gasteiger partial charge in [0, 0.05) is 6.04 Å². The first-order chi connectivity index (χ1) is 6.88. The summed E-state index contributed by atoms with van der Waals surface area (Å²) < 4.78 is 0. The van der Waals surface area contributed by atoms with Crippen molar-refractivity contribution in [3.63, 3.8) is 0 Å². The van der Waals surface area contributed by atoms with Crippen LogP contribution in [0.1, 0.15) is 65.7 Å². The highest BCUT2D eigenvalue weighted by atomic mass is 14.9. The van der Waals surface area contributed by atoms with E-state index in [1.54, 1.807) is 0 Å². The van der Waals surface area contributed by atoms with E-state index in [-0.39, 0.29) is 0 Å². The Morgan fingerprint density at radius 1 is 1.07 bits per heavy atom. The van der Waals surface area contributed by atoms with E-state index in [9.17, 15) is 0 Å². The van der Waals surface area contributed by atoms with E-state index in [1.165, 1.54) is 44.9 Å². The van der Waals surface area contributed by atoms with Crippen LogP contribution in [0.2, 0.25) is 0 Å². The van der Waals surface area contributed by atoms with Crippen LogP contribution in [0.4, 0.5) is 0 Å². The molecule has 0 radical (unpaired) electrons. The molecule has 0 saturated heterocycles. The molecule has 1 N–H and O–H groups in total. The second-order valence-corrected chi connectivity index (χ2v) is 4.08. The maximum atomic E-state index is 3.48. The highest BCUT2D eigenvalue weighted by molar-refractivity contribution is 4.77. The first kappa shape index (κ1) is 14.0. The molecule has 1 rings (SSSR count). The SMILES string of the molecule is CC.CCCC1CCCCCC1NC. The first-order valence-electron chi connectivity index (χ1n) is 6.55. The normalized spacial score (nSPS) is 27.4. The highest BCUT2D eigenvalue weighted by Crippen LogP contribution is 2.26. The van der Waals surface area contributed by atoms with Crippen LogP contribution in [0.25, 0.3) is 0 Å². The molecule has 1 aliphatic carbocycles. The minimum absolute atomic E-state index is 0.812. The molecule has 0 aromatic rings. The molecule has 1 nitrogen and oxygen atoms in total. The van der Waals surface area contributed by atoms with E-state index in [2.05, 4.69) is 19.3 Å². The fourth-order valence-corrected chi connectivity index (χ4v) is 2.48. The quantitative estimate of drug-likeness (QED) is 0.678. The molecule has 86 valence electrons. The van der Waals surface area contributed by atoms with Gasteiger partial charge in [-0.2, -0.15) is 0 Å². The van der Waals surface area contributed by atoms with Crippen LogP contribution >= 0.6 is 0 Å². The van der Waals surface area contributed by atoms with Gasteiger partial charge < -0.3 is 5.32 Å².